The zero-order valence-corrected chi connectivity index (χ0v) is 11.5. The number of benzene rings is 1. The molecule has 1 unspecified atom stereocenters. The van der Waals surface area contributed by atoms with Gasteiger partial charge in [0, 0.05) is 30.4 Å². The molecule has 0 aromatic heterocycles. The molecule has 1 atom stereocenters. The summed E-state index contributed by atoms with van der Waals surface area (Å²) in [4.78, 5) is 2.33. The molecule has 0 radical (unpaired) electrons. The van der Waals surface area contributed by atoms with Crippen LogP contribution in [0.4, 0.5) is 4.39 Å². The molecule has 0 amide bonds. The number of hydrogen-bond donors (Lipinski definition) is 0. The molecule has 0 aliphatic carbocycles. The van der Waals surface area contributed by atoms with Crippen molar-refractivity contribution in [2.45, 2.75) is 19.4 Å². The highest BCUT2D eigenvalue weighted by Gasteiger charge is 2.24. The Kier molecular flexibility index (Phi) is 4.40. The Bertz CT molecular complexity index is 386. The van der Waals surface area contributed by atoms with Crippen LogP contribution in [0.1, 0.15) is 12.5 Å². The molecule has 1 aromatic carbocycles. The fraction of sp³-hybridized carbons (Fsp3) is 0.538. The number of ether oxygens (including phenoxy) is 1. The lowest BCUT2D eigenvalue weighted by Crippen LogP contribution is -2.35. The van der Waals surface area contributed by atoms with Gasteiger partial charge in [-0.15, -0.1) is 0 Å². The van der Waals surface area contributed by atoms with Crippen molar-refractivity contribution in [3.05, 3.63) is 29.6 Å². The molecule has 2 rings (SSSR count). The van der Waals surface area contributed by atoms with Gasteiger partial charge < -0.3 is 4.74 Å². The molecule has 2 nitrogen and oxygen atoms in total. The predicted molar refractivity (Wildman–Crippen MR) is 70.4 cm³/mol. The number of nitrogens with zero attached hydrogens (tertiary/aromatic N) is 1. The Labute approximate surface area is 110 Å². The lowest BCUT2D eigenvalue weighted by molar-refractivity contribution is 0.159. The standard InChI is InChI=1S/C13H17BrFNO/c1-2-16(6-5-14)9-12-8-10-7-11(15)3-4-13(10)17-12/h3-4,7,12H,2,5-6,8-9H2,1H3. The molecule has 0 N–H and O–H groups in total. The Morgan fingerprint density at radius 1 is 1.53 bits per heavy atom. The Hall–Kier alpha value is -0.610. The molecule has 1 aromatic rings. The maximum atomic E-state index is 13.1. The quantitative estimate of drug-likeness (QED) is 0.776. The van der Waals surface area contributed by atoms with E-state index in [0.717, 1.165) is 42.7 Å². The average Bonchev–Trinajstić information content (AvgIpc) is 2.69. The van der Waals surface area contributed by atoms with Crippen LogP contribution in [-0.4, -0.2) is 36.0 Å². The van der Waals surface area contributed by atoms with Gasteiger partial charge in [-0.05, 0) is 24.7 Å². The molecule has 0 fully saturated rings. The first-order valence-electron chi connectivity index (χ1n) is 5.96. The number of halogens is 2. The Morgan fingerprint density at radius 3 is 3.06 bits per heavy atom. The van der Waals surface area contributed by atoms with Gasteiger partial charge in [-0.25, -0.2) is 4.39 Å². The summed E-state index contributed by atoms with van der Waals surface area (Å²) >= 11 is 3.45. The zero-order valence-electron chi connectivity index (χ0n) is 9.96. The average molecular weight is 302 g/mol. The van der Waals surface area contributed by atoms with Crippen molar-refractivity contribution in [1.82, 2.24) is 4.90 Å². The number of rotatable bonds is 5. The second-order valence-electron chi connectivity index (χ2n) is 4.28. The monoisotopic (exact) mass is 301 g/mol. The summed E-state index contributed by atoms with van der Waals surface area (Å²) in [6.45, 7) is 5.07. The topological polar surface area (TPSA) is 12.5 Å². The van der Waals surface area contributed by atoms with E-state index in [1.807, 2.05) is 0 Å². The lowest BCUT2D eigenvalue weighted by atomic mass is 10.1. The second-order valence-corrected chi connectivity index (χ2v) is 5.07. The zero-order chi connectivity index (χ0) is 12.3. The van der Waals surface area contributed by atoms with Crippen molar-refractivity contribution in [3.8, 4) is 5.75 Å². The summed E-state index contributed by atoms with van der Waals surface area (Å²) in [5, 5.41) is 0.967. The molecule has 94 valence electrons. The first-order chi connectivity index (χ1) is 8.22. The van der Waals surface area contributed by atoms with Gasteiger partial charge in [-0.2, -0.15) is 0 Å². The molecule has 0 bridgehead atoms. The van der Waals surface area contributed by atoms with Gasteiger partial charge >= 0.3 is 0 Å². The second kappa shape index (κ2) is 5.83. The fourth-order valence-corrected chi connectivity index (χ4v) is 2.68. The van der Waals surface area contributed by atoms with Crippen LogP contribution < -0.4 is 4.74 Å². The van der Waals surface area contributed by atoms with Crippen LogP contribution in [0.5, 0.6) is 5.75 Å². The van der Waals surface area contributed by atoms with Crippen molar-refractivity contribution >= 4 is 15.9 Å². The third-order valence-electron chi connectivity index (χ3n) is 3.07. The van der Waals surface area contributed by atoms with Crippen LogP contribution in [0, 0.1) is 5.82 Å². The molecular formula is C13H17BrFNO. The van der Waals surface area contributed by atoms with Crippen LogP contribution in [0.3, 0.4) is 0 Å². The molecule has 4 heteroatoms. The smallest absolute Gasteiger partial charge is 0.123 e. The summed E-state index contributed by atoms with van der Waals surface area (Å²) in [6, 6.07) is 4.76. The molecular weight excluding hydrogens is 285 g/mol. The molecule has 1 aliphatic rings. The van der Waals surface area contributed by atoms with E-state index in [9.17, 15) is 4.39 Å². The van der Waals surface area contributed by atoms with Crippen molar-refractivity contribution in [2.75, 3.05) is 25.0 Å². The van der Waals surface area contributed by atoms with Gasteiger partial charge in [-0.3, -0.25) is 4.90 Å². The van der Waals surface area contributed by atoms with Crippen LogP contribution in [0.15, 0.2) is 18.2 Å². The first-order valence-corrected chi connectivity index (χ1v) is 7.08. The summed E-state index contributed by atoms with van der Waals surface area (Å²) in [5.41, 5.74) is 0.991. The van der Waals surface area contributed by atoms with E-state index in [2.05, 4.69) is 27.8 Å². The van der Waals surface area contributed by atoms with Crippen molar-refractivity contribution in [2.24, 2.45) is 0 Å². The molecule has 0 spiro atoms. The highest BCUT2D eigenvalue weighted by Crippen LogP contribution is 2.29. The third-order valence-corrected chi connectivity index (χ3v) is 3.43. The molecule has 17 heavy (non-hydrogen) atoms. The highest BCUT2D eigenvalue weighted by molar-refractivity contribution is 9.09. The van der Waals surface area contributed by atoms with Gasteiger partial charge in [0.2, 0.25) is 0 Å². The van der Waals surface area contributed by atoms with Crippen LogP contribution in [0.2, 0.25) is 0 Å². The van der Waals surface area contributed by atoms with E-state index >= 15 is 0 Å². The SMILES string of the molecule is CCN(CCBr)CC1Cc2cc(F)ccc2O1. The van der Waals surface area contributed by atoms with Gasteiger partial charge in [0.25, 0.3) is 0 Å². The normalized spacial score (nSPS) is 18.2. The molecule has 0 saturated carbocycles. The third kappa shape index (κ3) is 3.19. The summed E-state index contributed by atoms with van der Waals surface area (Å²) in [6.07, 6.45) is 0.970. The van der Waals surface area contributed by atoms with E-state index < -0.39 is 0 Å². The minimum absolute atomic E-state index is 0.158. The van der Waals surface area contributed by atoms with Gasteiger partial charge in [0.05, 0.1) is 0 Å². The molecule has 0 saturated heterocycles. The first kappa shape index (κ1) is 12.8. The summed E-state index contributed by atoms with van der Waals surface area (Å²) < 4.78 is 18.9. The van der Waals surface area contributed by atoms with Crippen LogP contribution >= 0.6 is 15.9 Å². The summed E-state index contributed by atoms with van der Waals surface area (Å²) in [5.74, 6) is 0.659. The maximum absolute atomic E-state index is 13.1. The number of fused-ring (bicyclic) bond motifs is 1. The van der Waals surface area contributed by atoms with E-state index in [1.54, 1.807) is 12.1 Å². The van der Waals surface area contributed by atoms with Crippen molar-refractivity contribution < 1.29 is 9.13 Å². The Morgan fingerprint density at radius 2 is 2.35 bits per heavy atom. The van der Waals surface area contributed by atoms with E-state index in [1.165, 1.54) is 6.07 Å². The van der Waals surface area contributed by atoms with Crippen molar-refractivity contribution in [1.29, 1.82) is 0 Å². The molecule has 1 aliphatic heterocycles. The minimum atomic E-state index is -0.180. The van der Waals surface area contributed by atoms with Crippen LogP contribution in [-0.2, 0) is 6.42 Å². The largest absolute Gasteiger partial charge is 0.488 e. The van der Waals surface area contributed by atoms with E-state index in [4.69, 9.17) is 4.74 Å². The minimum Gasteiger partial charge on any atom is -0.488 e. The van der Waals surface area contributed by atoms with Gasteiger partial charge in [0.15, 0.2) is 0 Å². The van der Waals surface area contributed by atoms with E-state index in [0.29, 0.717) is 0 Å². The number of likely N-dealkylation sites (N-methyl/N-ethyl adjacent to an activating group) is 1. The molecule has 1 heterocycles. The van der Waals surface area contributed by atoms with Gasteiger partial charge in [0.1, 0.15) is 17.7 Å². The van der Waals surface area contributed by atoms with Gasteiger partial charge in [-0.1, -0.05) is 22.9 Å². The maximum Gasteiger partial charge on any atom is 0.123 e. The predicted octanol–water partition coefficient (Wildman–Crippen LogP) is 2.85. The van der Waals surface area contributed by atoms with Crippen molar-refractivity contribution in [3.63, 3.8) is 0 Å². The van der Waals surface area contributed by atoms with Crippen LogP contribution in [0.25, 0.3) is 0 Å². The lowest BCUT2D eigenvalue weighted by Gasteiger charge is -2.22. The summed E-state index contributed by atoms with van der Waals surface area (Å²) in [7, 11) is 0. The number of alkyl halides is 1. The number of hydrogen-bond acceptors (Lipinski definition) is 2. The van der Waals surface area contributed by atoms with E-state index in [-0.39, 0.29) is 11.9 Å². The highest BCUT2D eigenvalue weighted by atomic mass is 79.9. The fourth-order valence-electron chi connectivity index (χ4n) is 2.18. The Balaban J connectivity index is 1.95.